The Labute approximate surface area is 228 Å². The molecule has 0 spiro atoms. The highest BCUT2D eigenvalue weighted by Gasteiger charge is 2.35. The van der Waals surface area contributed by atoms with Gasteiger partial charge in [0.05, 0.1) is 13.2 Å². The second-order valence-corrected chi connectivity index (χ2v) is 13.2. The number of nitrogens with zero attached hydrogens (tertiary/aromatic N) is 1. The third-order valence-electron chi connectivity index (χ3n) is 9.20. The van der Waals surface area contributed by atoms with Crippen molar-refractivity contribution < 1.29 is 14.6 Å². The third kappa shape index (κ3) is 8.88. The topological polar surface area (TPSA) is 41.9 Å². The predicted octanol–water partition coefficient (Wildman–Crippen LogP) is 8.36. The standard InChI is InChI=1S/C33H57NO3/c1-24(2)11-8-12-25(3)13-9-14-26(4)15-10-17-33(7)18-16-29-30(23-34-19-21-36-22-20-34)31(35)27(5)28(6)32(29)37-33/h24-26,35H,8-23H2,1-7H3. The molecule has 0 amide bonds. The molecule has 212 valence electrons. The van der Waals surface area contributed by atoms with Gasteiger partial charge in [-0.2, -0.15) is 0 Å². The minimum Gasteiger partial charge on any atom is -0.507 e. The monoisotopic (exact) mass is 515 g/mol. The van der Waals surface area contributed by atoms with E-state index in [0.717, 1.165) is 92.3 Å². The predicted molar refractivity (Wildman–Crippen MR) is 156 cm³/mol. The molecule has 0 saturated carbocycles. The molecule has 0 radical (unpaired) electrons. The molecule has 2 aliphatic rings. The fourth-order valence-electron chi connectivity index (χ4n) is 6.30. The van der Waals surface area contributed by atoms with Crippen LogP contribution in [0.5, 0.6) is 11.5 Å². The summed E-state index contributed by atoms with van der Waals surface area (Å²) < 4.78 is 12.3. The molecule has 4 heteroatoms. The lowest BCUT2D eigenvalue weighted by Crippen LogP contribution is -2.38. The van der Waals surface area contributed by atoms with Crippen LogP contribution in [-0.2, 0) is 17.7 Å². The van der Waals surface area contributed by atoms with E-state index in [1.165, 1.54) is 56.9 Å². The van der Waals surface area contributed by atoms with E-state index < -0.39 is 0 Å². The summed E-state index contributed by atoms with van der Waals surface area (Å²) in [4.78, 5) is 2.40. The van der Waals surface area contributed by atoms with Crippen molar-refractivity contribution in [1.29, 1.82) is 0 Å². The van der Waals surface area contributed by atoms with Gasteiger partial charge in [-0.1, -0.05) is 72.6 Å². The van der Waals surface area contributed by atoms with Gasteiger partial charge in [0.25, 0.3) is 0 Å². The summed E-state index contributed by atoms with van der Waals surface area (Å²) >= 11 is 0. The van der Waals surface area contributed by atoms with Crippen LogP contribution in [0.3, 0.4) is 0 Å². The average molecular weight is 516 g/mol. The first-order valence-corrected chi connectivity index (χ1v) is 15.4. The van der Waals surface area contributed by atoms with Gasteiger partial charge in [-0.15, -0.1) is 0 Å². The van der Waals surface area contributed by atoms with E-state index in [1.807, 2.05) is 6.92 Å². The van der Waals surface area contributed by atoms with Crippen molar-refractivity contribution in [3.05, 3.63) is 22.3 Å². The summed E-state index contributed by atoms with van der Waals surface area (Å²) in [5.74, 6) is 4.03. The van der Waals surface area contributed by atoms with Crippen LogP contribution < -0.4 is 4.74 Å². The highest BCUT2D eigenvalue weighted by atomic mass is 16.5. The molecule has 0 aliphatic carbocycles. The van der Waals surface area contributed by atoms with Crippen LogP contribution in [0, 0.1) is 31.6 Å². The minimum atomic E-state index is -0.109. The maximum atomic E-state index is 11.1. The first-order chi connectivity index (χ1) is 17.6. The maximum Gasteiger partial charge on any atom is 0.127 e. The fourth-order valence-corrected chi connectivity index (χ4v) is 6.30. The molecular formula is C33H57NO3. The fraction of sp³-hybridized carbons (Fsp3) is 0.818. The van der Waals surface area contributed by atoms with Gasteiger partial charge in [-0.3, -0.25) is 4.90 Å². The minimum absolute atomic E-state index is 0.109. The highest BCUT2D eigenvalue weighted by molar-refractivity contribution is 5.59. The van der Waals surface area contributed by atoms with E-state index in [-0.39, 0.29) is 5.60 Å². The number of phenols is 1. The largest absolute Gasteiger partial charge is 0.507 e. The number of morpholine rings is 1. The lowest BCUT2D eigenvalue weighted by atomic mass is 9.83. The normalized spacial score (nSPS) is 22.1. The Morgan fingerprint density at radius 1 is 0.865 bits per heavy atom. The molecule has 1 fully saturated rings. The summed E-state index contributed by atoms with van der Waals surface area (Å²) in [5.41, 5.74) is 4.29. The van der Waals surface area contributed by atoms with E-state index in [9.17, 15) is 5.11 Å². The average Bonchev–Trinajstić information content (AvgIpc) is 2.86. The van der Waals surface area contributed by atoms with Crippen molar-refractivity contribution in [3.63, 3.8) is 0 Å². The first-order valence-electron chi connectivity index (χ1n) is 15.4. The molecular weight excluding hydrogens is 458 g/mol. The van der Waals surface area contributed by atoms with Gasteiger partial charge in [0, 0.05) is 30.8 Å². The van der Waals surface area contributed by atoms with Crippen LogP contribution in [-0.4, -0.2) is 41.9 Å². The van der Waals surface area contributed by atoms with Crippen molar-refractivity contribution in [3.8, 4) is 11.5 Å². The van der Waals surface area contributed by atoms with E-state index >= 15 is 0 Å². The van der Waals surface area contributed by atoms with Crippen LogP contribution in [0.4, 0.5) is 0 Å². The number of hydrogen-bond acceptors (Lipinski definition) is 4. The van der Waals surface area contributed by atoms with Gasteiger partial charge in [0.2, 0.25) is 0 Å². The Hall–Kier alpha value is -1.26. The van der Waals surface area contributed by atoms with Crippen LogP contribution in [0.15, 0.2) is 0 Å². The van der Waals surface area contributed by atoms with Crippen LogP contribution in [0.2, 0.25) is 0 Å². The number of benzene rings is 1. The summed E-state index contributed by atoms with van der Waals surface area (Å²) in [6.45, 7) is 20.2. The van der Waals surface area contributed by atoms with Crippen molar-refractivity contribution in [1.82, 2.24) is 4.90 Å². The van der Waals surface area contributed by atoms with Crippen molar-refractivity contribution in [2.45, 2.75) is 131 Å². The lowest BCUT2D eigenvalue weighted by molar-refractivity contribution is 0.0324. The maximum absolute atomic E-state index is 11.1. The number of phenolic OH excluding ortho intramolecular Hbond substituents is 1. The quantitative estimate of drug-likeness (QED) is 0.270. The SMILES string of the molecule is Cc1c(C)c2c(c(CN3CCOCC3)c1O)CCC(C)(CCCC(C)CCCC(C)CCCC(C)C)O2. The number of rotatable bonds is 14. The van der Waals surface area contributed by atoms with Crippen molar-refractivity contribution >= 4 is 0 Å². The molecule has 37 heavy (non-hydrogen) atoms. The van der Waals surface area contributed by atoms with Crippen LogP contribution >= 0.6 is 0 Å². The van der Waals surface area contributed by atoms with Gasteiger partial charge in [0.15, 0.2) is 0 Å². The number of hydrogen-bond donors (Lipinski definition) is 1. The van der Waals surface area contributed by atoms with Gasteiger partial charge in [-0.25, -0.2) is 0 Å². The molecule has 0 bridgehead atoms. The molecule has 3 atom stereocenters. The van der Waals surface area contributed by atoms with E-state index in [2.05, 4.69) is 46.4 Å². The van der Waals surface area contributed by atoms with Gasteiger partial charge in [0.1, 0.15) is 17.1 Å². The summed E-state index contributed by atoms with van der Waals surface area (Å²) in [6.07, 6.45) is 13.9. The Morgan fingerprint density at radius 2 is 1.46 bits per heavy atom. The van der Waals surface area contributed by atoms with E-state index in [0.29, 0.717) is 5.75 Å². The Morgan fingerprint density at radius 3 is 2.08 bits per heavy atom. The molecule has 2 aliphatic heterocycles. The van der Waals surface area contributed by atoms with Crippen molar-refractivity contribution in [2.75, 3.05) is 26.3 Å². The molecule has 0 aromatic heterocycles. The molecule has 1 N–H and O–H groups in total. The van der Waals surface area contributed by atoms with Crippen LogP contribution in [0.1, 0.15) is 121 Å². The summed E-state index contributed by atoms with van der Waals surface area (Å²) in [7, 11) is 0. The number of fused-ring (bicyclic) bond motifs is 1. The molecule has 1 aromatic carbocycles. The van der Waals surface area contributed by atoms with E-state index in [1.54, 1.807) is 0 Å². The van der Waals surface area contributed by atoms with Gasteiger partial charge in [-0.05, 0) is 75.3 Å². The van der Waals surface area contributed by atoms with E-state index in [4.69, 9.17) is 9.47 Å². The third-order valence-corrected chi connectivity index (χ3v) is 9.20. The second kappa shape index (κ2) is 14.2. The zero-order chi connectivity index (χ0) is 27.0. The molecule has 1 saturated heterocycles. The van der Waals surface area contributed by atoms with Crippen LogP contribution in [0.25, 0.3) is 0 Å². The first kappa shape index (κ1) is 30.3. The molecule has 4 nitrogen and oxygen atoms in total. The Kier molecular flexibility index (Phi) is 11.6. The van der Waals surface area contributed by atoms with Crippen molar-refractivity contribution in [2.24, 2.45) is 17.8 Å². The molecule has 3 unspecified atom stereocenters. The highest BCUT2D eigenvalue weighted by Crippen LogP contribution is 2.45. The van der Waals surface area contributed by atoms with Gasteiger partial charge < -0.3 is 14.6 Å². The zero-order valence-corrected chi connectivity index (χ0v) is 25.3. The lowest BCUT2D eigenvalue weighted by Gasteiger charge is -2.39. The second-order valence-electron chi connectivity index (χ2n) is 13.2. The summed E-state index contributed by atoms with van der Waals surface area (Å²) in [6, 6.07) is 0. The number of aromatic hydroxyl groups is 1. The van der Waals surface area contributed by atoms with Gasteiger partial charge >= 0.3 is 0 Å². The number of ether oxygens (including phenoxy) is 2. The summed E-state index contributed by atoms with van der Waals surface area (Å²) in [5, 5.41) is 11.1. The Bertz CT molecular complexity index is 845. The molecule has 2 heterocycles. The Balaban J connectivity index is 1.49. The molecule has 1 aromatic rings. The smallest absolute Gasteiger partial charge is 0.127 e. The molecule has 3 rings (SSSR count). The zero-order valence-electron chi connectivity index (χ0n) is 25.3.